The van der Waals surface area contributed by atoms with E-state index in [2.05, 4.69) is 15.4 Å². The van der Waals surface area contributed by atoms with Crippen molar-refractivity contribution >= 4 is 28.4 Å². The highest BCUT2D eigenvalue weighted by molar-refractivity contribution is 6.05. The quantitative estimate of drug-likeness (QED) is 0.657. The zero-order valence-electron chi connectivity index (χ0n) is 16.7. The number of aryl methyl sites for hydroxylation is 2. The number of carbonyl (C=O) groups is 1. The van der Waals surface area contributed by atoms with Crippen LogP contribution in [0.5, 0.6) is 0 Å². The van der Waals surface area contributed by atoms with Gasteiger partial charge in [-0.2, -0.15) is 5.10 Å². The van der Waals surface area contributed by atoms with Crippen LogP contribution in [0.15, 0.2) is 24.4 Å². The molecule has 0 aliphatic carbocycles. The van der Waals surface area contributed by atoms with E-state index in [1.54, 1.807) is 43.7 Å². The van der Waals surface area contributed by atoms with E-state index in [-0.39, 0.29) is 12.4 Å². The number of benzene rings is 1. The summed E-state index contributed by atoms with van der Waals surface area (Å²) in [7, 11) is 5.38. The summed E-state index contributed by atoms with van der Waals surface area (Å²) in [6.07, 6.45) is 1.49. The van der Waals surface area contributed by atoms with Crippen LogP contribution in [0.1, 0.15) is 28.5 Å². The molecule has 0 unspecified atom stereocenters. The number of halogens is 1. The molecule has 0 radical (unpaired) electrons. The Labute approximate surface area is 163 Å². The SMILES string of the molecule is CCOC(=O)c1cnc2c(c(C)nn2C)c1NCc1ccc(N(C)C)c(F)c1. The summed E-state index contributed by atoms with van der Waals surface area (Å²) in [5, 5.41) is 8.41. The maximum absolute atomic E-state index is 14.3. The van der Waals surface area contributed by atoms with Gasteiger partial charge in [0, 0.05) is 33.9 Å². The van der Waals surface area contributed by atoms with E-state index in [4.69, 9.17) is 4.74 Å². The topological polar surface area (TPSA) is 72.3 Å². The second-order valence-electron chi connectivity index (χ2n) is 6.71. The van der Waals surface area contributed by atoms with Crippen LogP contribution in [-0.4, -0.2) is 41.4 Å². The third kappa shape index (κ3) is 3.62. The standard InChI is InChI=1S/C20H24FN5O2/c1-6-28-20(27)14-11-23-19-17(12(2)24-26(19)5)18(14)22-10-13-7-8-16(25(3)4)15(21)9-13/h7-9,11H,6,10H2,1-5H3,(H,22,23). The van der Waals surface area contributed by atoms with Crippen LogP contribution in [0.3, 0.4) is 0 Å². The highest BCUT2D eigenvalue weighted by Gasteiger charge is 2.20. The molecule has 28 heavy (non-hydrogen) atoms. The summed E-state index contributed by atoms with van der Waals surface area (Å²) in [4.78, 5) is 18.5. The number of pyridine rings is 1. The second kappa shape index (κ2) is 7.84. The summed E-state index contributed by atoms with van der Waals surface area (Å²) >= 11 is 0. The monoisotopic (exact) mass is 385 g/mol. The molecule has 0 aliphatic rings. The normalized spacial score (nSPS) is 10.9. The summed E-state index contributed by atoms with van der Waals surface area (Å²) in [5.74, 6) is -0.760. The van der Waals surface area contributed by atoms with Crippen LogP contribution in [0.25, 0.3) is 11.0 Å². The molecule has 0 saturated heterocycles. The first-order valence-electron chi connectivity index (χ1n) is 9.02. The lowest BCUT2D eigenvalue weighted by Crippen LogP contribution is -2.13. The molecule has 2 aromatic heterocycles. The van der Waals surface area contributed by atoms with Gasteiger partial charge in [-0.05, 0) is 31.5 Å². The molecule has 1 aromatic carbocycles. The van der Waals surface area contributed by atoms with Crippen LogP contribution in [-0.2, 0) is 18.3 Å². The zero-order chi connectivity index (χ0) is 20.4. The third-order valence-electron chi connectivity index (χ3n) is 4.49. The van der Waals surface area contributed by atoms with E-state index in [1.165, 1.54) is 12.3 Å². The predicted octanol–water partition coefficient (Wildman–Crippen LogP) is 3.27. The maximum atomic E-state index is 14.3. The Balaban J connectivity index is 2.00. The molecule has 0 amide bonds. The first kappa shape index (κ1) is 19.6. The molecular weight excluding hydrogens is 361 g/mol. The Bertz CT molecular complexity index is 1030. The van der Waals surface area contributed by atoms with Crippen molar-refractivity contribution in [3.63, 3.8) is 0 Å². The van der Waals surface area contributed by atoms with E-state index in [0.29, 0.717) is 29.1 Å². The summed E-state index contributed by atoms with van der Waals surface area (Å²) < 4.78 is 21.1. The number of hydrogen-bond donors (Lipinski definition) is 1. The number of anilines is 2. The Morgan fingerprint density at radius 1 is 1.36 bits per heavy atom. The highest BCUT2D eigenvalue weighted by Crippen LogP contribution is 2.30. The fraction of sp³-hybridized carbons (Fsp3) is 0.350. The largest absolute Gasteiger partial charge is 0.462 e. The Morgan fingerprint density at radius 2 is 2.11 bits per heavy atom. The molecule has 3 aromatic rings. The smallest absolute Gasteiger partial charge is 0.341 e. The summed E-state index contributed by atoms with van der Waals surface area (Å²) in [6, 6.07) is 5.07. The minimum atomic E-state index is -0.461. The van der Waals surface area contributed by atoms with Crippen molar-refractivity contribution in [3.05, 3.63) is 47.0 Å². The number of fused-ring (bicyclic) bond motifs is 1. The van der Waals surface area contributed by atoms with Gasteiger partial charge < -0.3 is 15.0 Å². The van der Waals surface area contributed by atoms with Gasteiger partial charge in [-0.15, -0.1) is 0 Å². The molecule has 0 atom stereocenters. The number of rotatable bonds is 6. The number of nitrogens with one attached hydrogen (secondary N) is 1. The van der Waals surface area contributed by atoms with Gasteiger partial charge in [0.2, 0.25) is 0 Å². The van der Waals surface area contributed by atoms with Gasteiger partial charge in [0.25, 0.3) is 0 Å². The average molecular weight is 385 g/mol. The first-order valence-corrected chi connectivity index (χ1v) is 9.02. The maximum Gasteiger partial charge on any atom is 0.341 e. The molecule has 0 saturated carbocycles. The fourth-order valence-electron chi connectivity index (χ4n) is 3.17. The van der Waals surface area contributed by atoms with Crippen LogP contribution < -0.4 is 10.2 Å². The molecule has 0 bridgehead atoms. The Morgan fingerprint density at radius 3 is 2.75 bits per heavy atom. The zero-order valence-corrected chi connectivity index (χ0v) is 16.7. The van der Waals surface area contributed by atoms with E-state index in [0.717, 1.165) is 16.6 Å². The number of esters is 1. The van der Waals surface area contributed by atoms with Gasteiger partial charge in [-0.1, -0.05) is 6.07 Å². The van der Waals surface area contributed by atoms with E-state index < -0.39 is 5.97 Å². The lowest BCUT2D eigenvalue weighted by molar-refractivity contribution is 0.0527. The molecule has 3 rings (SSSR count). The minimum Gasteiger partial charge on any atom is -0.462 e. The van der Waals surface area contributed by atoms with Crippen molar-refractivity contribution < 1.29 is 13.9 Å². The highest BCUT2D eigenvalue weighted by atomic mass is 19.1. The molecule has 0 fully saturated rings. The minimum absolute atomic E-state index is 0.263. The molecule has 7 nitrogen and oxygen atoms in total. The van der Waals surface area contributed by atoms with Crippen molar-refractivity contribution in [2.75, 3.05) is 30.9 Å². The van der Waals surface area contributed by atoms with Crippen molar-refractivity contribution in [2.24, 2.45) is 7.05 Å². The molecule has 2 heterocycles. The number of nitrogens with zero attached hydrogens (tertiary/aromatic N) is 4. The van der Waals surface area contributed by atoms with Crippen LogP contribution >= 0.6 is 0 Å². The number of carbonyl (C=O) groups excluding carboxylic acids is 1. The average Bonchev–Trinajstić information content (AvgIpc) is 2.94. The van der Waals surface area contributed by atoms with E-state index >= 15 is 0 Å². The van der Waals surface area contributed by atoms with Gasteiger partial charge in [-0.3, -0.25) is 4.68 Å². The van der Waals surface area contributed by atoms with Crippen LogP contribution in [0.2, 0.25) is 0 Å². The fourth-order valence-corrected chi connectivity index (χ4v) is 3.17. The van der Waals surface area contributed by atoms with Gasteiger partial charge in [0.05, 0.1) is 29.1 Å². The molecule has 0 spiro atoms. The Kier molecular flexibility index (Phi) is 5.48. The van der Waals surface area contributed by atoms with Gasteiger partial charge >= 0.3 is 5.97 Å². The van der Waals surface area contributed by atoms with Crippen molar-refractivity contribution in [1.29, 1.82) is 0 Å². The lowest BCUT2D eigenvalue weighted by atomic mass is 10.1. The number of ether oxygens (including phenoxy) is 1. The van der Waals surface area contributed by atoms with E-state index in [9.17, 15) is 9.18 Å². The van der Waals surface area contributed by atoms with Crippen LogP contribution in [0.4, 0.5) is 15.8 Å². The molecule has 0 aliphatic heterocycles. The first-order chi connectivity index (χ1) is 13.3. The number of aromatic nitrogens is 3. The molecular formula is C20H24FN5O2. The molecule has 148 valence electrons. The van der Waals surface area contributed by atoms with Gasteiger partial charge in [0.15, 0.2) is 5.65 Å². The predicted molar refractivity (Wildman–Crippen MR) is 107 cm³/mol. The van der Waals surface area contributed by atoms with Gasteiger partial charge in [0.1, 0.15) is 11.4 Å². The summed E-state index contributed by atoms with van der Waals surface area (Å²) in [5.41, 5.74) is 3.59. The second-order valence-corrected chi connectivity index (χ2v) is 6.71. The van der Waals surface area contributed by atoms with Crippen LogP contribution in [0, 0.1) is 12.7 Å². The lowest BCUT2D eigenvalue weighted by Gasteiger charge is -2.16. The molecule has 8 heteroatoms. The Hall–Kier alpha value is -3.16. The molecule has 1 N–H and O–H groups in total. The summed E-state index contributed by atoms with van der Waals surface area (Å²) in [6.45, 7) is 4.21. The van der Waals surface area contributed by atoms with E-state index in [1.807, 2.05) is 13.0 Å². The van der Waals surface area contributed by atoms with Crippen molar-refractivity contribution in [3.8, 4) is 0 Å². The van der Waals surface area contributed by atoms with Crippen molar-refractivity contribution in [2.45, 2.75) is 20.4 Å². The van der Waals surface area contributed by atoms with Crippen molar-refractivity contribution in [1.82, 2.24) is 14.8 Å². The van der Waals surface area contributed by atoms with Gasteiger partial charge in [-0.25, -0.2) is 14.2 Å². The third-order valence-corrected chi connectivity index (χ3v) is 4.49. The number of hydrogen-bond acceptors (Lipinski definition) is 6.